The van der Waals surface area contributed by atoms with Crippen molar-refractivity contribution in [3.63, 3.8) is 0 Å². The first-order valence-corrected chi connectivity index (χ1v) is 7.32. The average molecular weight is 289 g/mol. The zero-order chi connectivity index (χ0) is 14.3. The van der Waals surface area contributed by atoms with Gasteiger partial charge in [0.1, 0.15) is 6.04 Å². The highest BCUT2D eigenvalue weighted by Crippen LogP contribution is 2.16. The molecule has 0 aromatic heterocycles. The Kier molecular flexibility index (Phi) is 6.65. The SMILES string of the molecule is CCCNC(=O)NC(=O)CN1CCSCC1C(=O)O. The molecule has 1 heterocycles. The highest BCUT2D eigenvalue weighted by Gasteiger charge is 2.30. The summed E-state index contributed by atoms with van der Waals surface area (Å²) in [6, 6.07) is -1.20. The normalized spacial score (nSPS) is 19.7. The standard InChI is InChI=1S/C11H19N3O4S/c1-2-3-12-11(18)13-9(15)6-14-4-5-19-7-8(14)10(16)17/h8H,2-7H2,1H3,(H,16,17)(H2,12,13,15,18). The fourth-order valence-electron chi connectivity index (χ4n) is 1.69. The predicted octanol–water partition coefficient (Wildman–Crippen LogP) is -0.276. The lowest BCUT2D eigenvalue weighted by atomic mass is 10.2. The maximum Gasteiger partial charge on any atom is 0.321 e. The number of nitrogens with one attached hydrogen (secondary N) is 2. The Morgan fingerprint density at radius 2 is 2.16 bits per heavy atom. The molecule has 0 radical (unpaired) electrons. The molecule has 1 saturated heterocycles. The van der Waals surface area contributed by atoms with E-state index < -0.39 is 23.9 Å². The van der Waals surface area contributed by atoms with E-state index >= 15 is 0 Å². The van der Waals surface area contributed by atoms with Crippen molar-refractivity contribution >= 4 is 29.7 Å². The Hall–Kier alpha value is -1.28. The van der Waals surface area contributed by atoms with Gasteiger partial charge >= 0.3 is 12.0 Å². The first-order valence-electron chi connectivity index (χ1n) is 6.17. The Morgan fingerprint density at radius 3 is 2.79 bits per heavy atom. The van der Waals surface area contributed by atoms with E-state index in [1.54, 1.807) is 16.7 Å². The molecule has 1 aliphatic heterocycles. The van der Waals surface area contributed by atoms with Crippen LogP contribution in [0.25, 0.3) is 0 Å². The van der Waals surface area contributed by atoms with Crippen molar-refractivity contribution in [1.82, 2.24) is 15.5 Å². The number of carboxylic acids is 1. The van der Waals surface area contributed by atoms with Crippen molar-refractivity contribution < 1.29 is 19.5 Å². The summed E-state index contributed by atoms with van der Waals surface area (Å²) < 4.78 is 0. The third-order valence-corrected chi connectivity index (χ3v) is 3.68. The van der Waals surface area contributed by atoms with E-state index in [0.29, 0.717) is 18.8 Å². The highest BCUT2D eigenvalue weighted by molar-refractivity contribution is 7.99. The van der Waals surface area contributed by atoms with Crippen LogP contribution in [-0.2, 0) is 9.59 Å². The molecule has 19 heavy (non-hydrogen) atoms. The highest BCUT2D eigenvalue weighted by atomic mass is 32.2. The van der Waals surface area contributed by atoms with Crippen molar-refractivity contribution in [2.24, 2.45) is 0 Å². The Morgan fingerprint density at radius 1 is 1.42 bits per heavy atom. The zero-order valence-electron chi connectivity index (χ0n) is 10.8. The molecule has 1 unspecified atom stereocenters. The largest absolute Gasteiger partial charge is 0.480 e. The van der Waals surface area contributed by atoms with Gasteiger partial charge in [-0.3, -0.25) is 19.8 Å². The Bertz CT molecular complexity index is 351. The van der Waals surface area contributed by atoms with E-state index in [9.17, 15) is 14.4 Å². The number of aliphatic carboxylic acids is 1. The van der Waals surface area contributed by atoms with Gasteiger partial charge in [0.15, 0.2) is 0 Å². The van der Waals surface area contributed by atoms with E-state index in [1.165, 1.54) is 0 Å². The third kappa shape index (κ3) is 5.48. The third-order valence-electron chi connectivity index (χ3n) is 2.66. The van der Waals surface area contributed by atoms with Crippen LogP contribution in [-0.4, -0.2) is 65.1 Å². The number of carbonyl (C=O) groups is 3. The Labute approximate surface area is 116 Å². The number of hydrogen-bond donors (Lipinski definition) is 3. The summed E-state index contributed by atoms with van der Waals surface area (Å²) in [4.78, 5) is 35.6. The van der Waals surface area contributed by atoms with Crippen LogP contribution < -0.4 is 10.6 Å². The summed E-state index contributed by atoms with van der Waals surface area (Å²) >= 11 is 1.55. The van der Waals surface area contributed by atoms with Gasteiger partial charge in [-0.15, -0.1) is 0 Å². The number of carboxylic acid groups (broad SMARTS) is 1. The van der Waals surface area contributed by atoms with Gasteiger partial charge in [-0.25, -0.2) is 4.79 Å². The van der Waals surface area contributed by atoms with Crippen molar-refractivity contribution in [2.45, 2.75) is 19.4 Å². The molecule has 0 aromatic carbocycles. The molecule has 7 nitrogen and oxygen atoms in total. The lowest BCUT2D eigenvalue weighted by Gasteiger charge is -2.31. The monoisotopic (exact) mass is 289 g/mol. The topological polar surface area (TPSA) is 98.7 Å². The van der Waals surface area contributed by atoms with Gasteiger partial charge < -0.3 is 10.4 Å². The fraction of sp³-hybridized carbons (Fsp3) is 0.727. The van der Waals surface area contributed by atoms with Crippen LogP contribution in [0.1, 0.15) is 13.3 Å². The molecule has 1 atom stereocenters. The minimum atomic E-state index is -0.935. The molecule has 0 spiro atoms. The van der Waals surface area contributed by atoms with Crippen LogP contribution in [0.5, 0.6) is 0 Å². The van der Waals surface area contributed by atoms with Gasteiger partial charge in [0.05, 0.1) is 6.54 Å². The summed E-state index contributed by atoms with van der Waals surface area (Å²) in [5.74, 6) is -0.161. The lowest BCUT2D eigenvalue weighted by molar-refractivity contribution is -0.142. The molecule has 3 amide bonds. The maximum absolute atomic E-state index is 11.6. The molecule has 0 aromatic rings. The van der Waals surface area contributed by atoms with Gasteiger partial charge in [-0.05, 0) is 6.42 Å². The van der Waals surface area contributed by atoms with E-state index in [0.717, 1.165) is 12.2 Å². The first-order chi connectivity index (χ1) is 9.04. The second-order valence-corrected chi connectivity index (χ2v) is 5.35. The summed E-state index contributed by atoms with van der Waals surface area (Å²) in [6.07, 6.45) is 0.784. The molecule has 0 saturated carbocycles. The molecule has 0 bridgehead atoms. The summed E-state index contributed by atoms with van der Waals surface area (Å²) in [5.41, 5.74) is 0. The number of hydrogen-bond acceptors (Lipinski definition) is 5. The average Bonchev–Trinajstić information content (AvgIpc) is 2.36. The van der Waals surface area contributed by atoms with Crippen molar-refractivity contribution in [3.8, 4) is 0 Å². The van der Waals surface area contributed by atoms with Gasteiger partial charge in [-0.2, -0.15) is 11.8 Å². The molecule has 3 N–H and O–H groups in total. The smallest absolute Gasteiger partial charge is 0.321 e. The number of nitrogens with zero attached hydrogens (tertiary/aromatic N) is 1. The van der Waals surface area contributed by atoms with E-state index in [2.05, 4.69) is 10.6 Å². The maximum atomic E-state index is 11.6. The molecule has 1 rings (SSSR count). The Balaban J connectivity index is 2.41. The molecule has 1 fully saturated rings. The van der Waals surface area contributed by atoms with Crippen LogP contribution in [0.2, 0.25) is 0 Å². The van der Waals surface area contributed by atoms with Gasteiger partial charge in [0.25, 0.3) is 0 Å². The minimum Gasteiger partial charge on any atom is -0.480 e. The van der Waals surface area contributed by atoms with Gasteiger partial charge in [0, 0.05) is 24.6 Å². The molecule has 0 aliphatic carbocycles. The minimum absolute atomic E-state index is 0.0723. The van der Waals surface area contributed by atoms with E-state index in [-0.39, 0.29) is 6.54 Å². The fourth-order valence-corrected chi connectivity index (χ4v) is 2.80. The number of thioether (sulfide) groups is 1. The summed E-state index contributed by atoms with van der Waals surface area (Å²) in [5, 5.41) is 13.8. The molecular formula is C11H19N3O4S. The van der Waals surface area contributed by atoms with Crippen LogP contribution in [0.3, 0.4) is 0 Å². The van der Waals surface area contributed by atoms with E-state index in [4.69, 9.17) is 5.11 Å². The summed E-state index contributed by atoms with van der Waals surface area (Å²) in [7, 11) is 0. The predicted molar refractivity (Wildman–Crippen MR) is 72.2 cm³/mol. The second-order valence-electron chi connectivity index (χ2n) is 4.20. The quantitative estimate of drug-likeness (QED) is 0.644. The molecular weight excluding hydrogens is 270 g/mol. The van der Waals surface area contributed by atoms with Crippen LogP contribution in [0.4, 0.5) is 4.79 Å². The summed E-state index contributed by atoms with van der Waals surface area (Å²) in [6.45, 7) is 2.87. The zero-order valence-corrected chi connectivity index (χ0v) is 11.7. The molecule has 108 valence electrons. The second kappa shape index (κ2) is 8.00. The van der Waals surface area contributed by atoms with Crippen molar-refractivity contribution in [1.29, 1.82) is 0 Å². The number of amides is 3. The van der Waals surface area contributed by atoms with Gasteiger partial charge in [-0.1, -0.05) is 6.92 Å². The number of rotatable bonds is 5. The van der Waals surface area contributed by atoms with Crippen molar-refractivity contribution in [3.05, 3.63) is 0 Å². The number of carbonyl (C=O) groups excluding carboxylic acids is 2. The lowest BCUT2D eigenvalue weighted by Crippen LogP contribution is -2.52. The van der Waals surface area contributed by atoms with Crippen LogP contribution in [0, 0.1) is 0 Å². The number of imide groups is 1. The van der Waals surface area contributed by atoms with E-state index in [1.807, 2.05) is 6.92 Å². The molecule has 1 aliphatic rings. The van der Waals surface area contributed by atoms with Crippen LogP contribution in [0.15, 0.2) is 0 Å². The number of urea groups is 1. The first kappa shape index (κ1) is 15.8. The van der Waals surface area contributed by atoms with Gasteiger partial charge in [0.2, 0.25) is 5.91 Å². The van der Waals surface area contributed by atoms with Crippen LogP contribution >= 0.6 is 11.8 Å². The molecule has 8 heteroatoms. The van der Waals surface area contributed by atoms with Crippen molar-refractivity contribution in [2.75, 3.05) is 31.1 Å².